The van der Waals surface area contributed by atoms with Crippen molar-refractivity contribution in [3.05, 3.63) is 29.3 Å². The number of nitrogens with two attached hydrogens (primary N) is 1. The largest absolute Gasteiger partial charge is 0.496 e. The Kier molecular flexibility index (Phi) is 3.43. The fourth-order valence-electron chi connectivity index (χ4n) is 2.30. The summed E-state index contributed by atoms with van der Waals surface area (Å²) in [6, 6.07) is 6.60. The lowest BCUT2D eigenvalue weighted by atomic mass is 9.93. The third-order valence-corrected chi connectivity index (χ3v) is 3.93. The molecule has 1 saturated carbocycles. The normalized spacial score (nSPS) is 17.2. The summed E-state index contributed by atoms with van der Waals surface area (Å²) in [5.74, 6) is 1.57. The first-order chi connectivity index (χ1) is 8.10. The van der Waals surface area contributed by atoms with Gasteiger partial charge in [-0.25, -0.2) is 0 Å². The summed E-state index contributed by atoms with van der Waals surface area (Å²) in [4.78, 5) is 0. The Morgan fingerprint density at radius 1 is 1.35 bits per heavy atom. The highest BCUT2D eigenvalue weighted by Crippen LogP contribution is 2.48. The van der Waals surface area contributed by atoms with Gasteiger partial charge < -0.3 is 10.5 Å². The van der Waals surface area contributed by atoms with Gasteiger partial charge in [0.15, 0.2) is 0 Å². The molecule has 1 aromatic rings. The number of hydrogen-bond acceptors (Lipinski definition) is 2. The molecule has 0 radical (unpaired) electrons. The highest BCUT2D eigenvalue weighted by atomic mass is 16.5. The van der Waals surface area contributed by atoms with Crippen LogP contribution in [0, 0.1) is 5.41 Å². The van der Waals surface area contributed by atoms with Gasteiger partial charge in [0.25, 0.3) is 0 Å². The van der Waals surface area contributed by atoms with E-state index in [9.17, 15) is 0 Å². The lowest BCUT2D eigenvalue weighted by Gasteiger charge is -2.17. The molecule has 0 amide bonds. The van der Waals surface area contributed by atoms with E-state index in [2.05, 4.69) is 32.0 Å². The van der Waals surface area contributed by atoms with E-state index < -0.39 is 0 Å². The van der Waals surface area contributed by atoms with E-state index >= 15 is 0 Å². The van der Waals surface area contributed by atoms with Crippen molar-refractivity contribution in [2.75, 3.05) is 13.7 Å². The van der Waals surface area contributed by atoms with Crippen molar-refractivity contribution < 1.29 is 4.74 Å². The lowest BCUT2D eigenvalue weighted by molar-refractivity contribution is 0.401. The van der Waals surface area contributed by atoms with Gasteiger partial charge in [0.2, 0.25) is 0 Å². The lowest BCUT2D eigenvalue weighted by Crippen LogP contribution is -2.18. The molecule has 0 bridgehead atoms. The molecule has 1 aliphatic rings. The molecule has 2 nitrogen and oxygen atoms in total. The Morgan fingerprint density at radius 2 is 2.06 bits per heavy atom. The van der Waals surface area contributed by atoms with Gasteiger partial charge in [-0.05, 0) is 54.3 Å². The Balaban J connectivity index is 2.22. The number of hydrogen-bond donors (Lipinski definition) is 1. The molecule has 0 heterocycles. The molecule has 1 fully saturated rings. The summed E-state index contributed by atoms with van der Waals surface area (Å²) in [6.07, 6.45) is 3.59. The zero-order chi connectivity index (χ0) is 12.5. The molecular formula is C15H23NO. The minimum atomic E-state index is 0.368. The van der Waals surface area contributed by atoms with Crippen molar-refractivity contribution in [2.45, 2.75) is 39.0 Å². The smallest absolute Gasteiger partial charge is 0.122 e. The third kappa shape index (κ3) is 2.63. The van der Waals surface area contributed by atoms with Crippen molar-refractivity contribution in [3.63, 3.8) is 0 Å². The molecule has 17 heavy (non-hydrogen) atoms. The highest BCUT2D eigenvalue weighted by Gasteiger charge is 2.41. The molecule has 0 aliphatic heterocycles. The van der Waals surface area contributed by atoms with Crippen LogP contribution in [0.25, 0.3) is 0 Å². The van der Waals surface area contributed by atoms with Crippen molar-refractivity contribution in [2.24, 2.45) is 11.1 Å². The number of methoxy groups -OCH3 is 1. The van der Waals surface area contributed by atoms with E-state index in [-0.39, 0.29) is 0 Å². The Morgan fingerprint density at radius 3 is 2.53 bits per heavy atom. The van der Waals surface area contributed by atoms with Crippen LogP contribution in [0.2, 0.25) is 0 Å². The van der Waals surface area contributed by atoms with Gasteiger partial charge in [-0.15, -0.1) is 0 Å². The summed E-state index contributed by atoms with van der Waals surface area (Å²) in [6.45, 7) is 5.20. The second kappa shape index (κ2) is 4.69. The van der Waals surface area contributed by atoms with Gasteiger partial charge in [-0.1, -0.05) is 26.0 Å². The quantitative estimate of drug-likeness (QED) is 0.848. The molecule has 0 spiro atoms. The van der Waals surface area contributed by atoms with E-state index in [0.717, 1.165) is 18.7 Å². The maximum absolute atomic E-state index is 5.85. The summed E-state index contributed by atoms with van der Waals surface area (Å²) in [5, 5.41) is 0. The molecule has 1 aliphatic carbocycles. The van der Waals surface area contributed by atoms with Gasteiger partial charge in [0.05, 0.1) is 7.11 Å². The first-order valence-electron chi connectivity index (χ1n) is 6.47. The topological polar surface area (TPSA) is 35.2 Å². The van der Waals surface area contributed by atoms with Gasteiger partial charge in [0, 0.05) is 0 Å². The monoisotopic (exact) mass is 233 g/mol. The van der Waals surface area contributed by atoms with Gasteiger partial charge in [0.1, 0.15) is 5.75 Å². The van der Waals surface area contributed by atoms with E-state index in [1.807, 2.05) is 0 Å². The van der Waals surface area contributed by atoms with Crippen LogP contribution in [0.3, 0.4) is 0 Å². The van der Waals surface area contributed by atoms with Crippen molar-refractivity contribution in [1.29, 1.82) is 0 Å². The molecule has 0 saturated heterocycles. The summed E-state index contributed by atoms with van der Waals surface area (Å²) in [7, 11) is 1.75. The molecule has 0 aromatic heterocycles. The standard InChI is InChI=1S/C15H23NO/c1-11(2)12-4-5-13(14(8-12)17-3)9-15(10-16)6-7-15/h4-5,8,11H,6-7,9-10,16H2,1-3H3. The highest BCUT2D eigenvalue weighted by molar-refractivity contribution is 5.40. The van der Waals surface area contributed by atoms with E-state index in [4.69, 9.17) is 10.5 Å². The summed E-state index contributed by atoms with van der Waals surface area (Å²) in [5.41, 5.74) is 8.85. The van der Waals surface area contributed by atoms with Crippen LogP contribution >= 0.6 is 0 Å². The van der Waals surface area contributed by atoms with Crippen LogP contribution in [-0.2, 0) is 6.42 Å². The van der Waals surface area contributed by atoms with Gasteiger partial charge in [-0.3, -0.25) is 0 Å². The van der Waals surface area contributed by atoms with Crippen LogP contribution in [0.4, 0.5) is 0 Å². The van der Waals surface area contributed by atoms with Crippen molar-refractivity contribution in [1.82, 2.24) is 0 Å². The van der Waals surface area contributed by atoms with Crippen molar-refractivity contribution >= 4 is 0 Å². The van der Waals surface area contributed by atoms with Gasteiger partial charge in [-0.2, -0.15) is 0 Å². The minimum absolute atomic E-state index is 0.368. The van der Waals surface area contributed by atoms with E-state index in [0.29, 0.717) is 11.3 Å². The predicted molar refractivity (Wildman–Crippen MR) is 71.5 cm³/mol. The second-order valence-electron chi connectivity index (χ2n) is 5.61. The Bertz CT molecular complexity index is 394. The zero-order valence-electron chi connectivity index (χ0n) is 11.1. The Hall–Kier alpha value is -1.02. The fourth-order valence-corrected chi connectivity index (χ4v) is 2.30. The minimum Gasteiger partial charge on any atom is -0.496 e. The summed E-state index contributed by atoms with van der Waals surface area (Å²) >= 11 is 0. The first-order valence-corrected chi connectivity index (χ1v) is 6.47. The average Bonchev–Trinajstić information content (AvgIpc) is 3.10. The van der Waals surface area contributed by atoms with Crippen LogP contribution in [-0.4, -0.2) is 13.7 Å². The molecule has 2 heteroatoms. The average molecular weight is 233 g/mol. The van der Waals surface area contributed by atoms with Gasteiger partial charge >= 0.3 is 0 Å². The number of rotatable bonds is 5. The Labute approximate surface area is 104 Å². The zero-order valence-corrected chi connectivity index (χ0v) is 11.1. The molecule has 2 N–H and O–H groups in total. The molecule has 0 atom stereocenters. The SMILES string of the molecule is COc1cc(C(C)C)ccc1CC1(CN)CC1. The van der Waals surface area contributed by atoms with Crippen LogP contribution in [0.15, 0.2) is 18.2 Å². The van der Waals surface area contributed by atoms with E-state index in [1.165, 1.54) is 24.0 Å². The maximum atomic E-state index is 5.85. The predicted octanol–water partition coefficient (Wildman–Crippen LogP) is 3.10. The first kappa shape index (κ1) is 12.4. The second-order valence-corrected chi connectivity index (χ2v) is 5.61. The fraction of sp³-hybridized carbons (Fsp3) is 0.600. The number of ether oxygens (including phenoxy) is 1. The van der Waals surface area contributed by atoms with Crippen LogP contribution in [0.5, 0.6) is 5.75 Å². The van der Waals surface area contributed by atoms with Crippen LogP contribution in [0.1, 0.15) is 43.7 Å². The molecule has 1 aromatic carbocycles. The molecule has 2 rings (SSSR count). The van der Waals surface area contributed by atoms with Crippen LogP contribution < -0.4 is 10.5 Å². The van der Waals surface area contributed by atoms with Crippen molar-refractivity contribution in [3.8, 4) is 5.75 Å². The third-order valence-electron chi connectivity index (χ3n) is 3.93. The summed E-state index contributed by atoms with van der Waals surface area (Å²) < 4.78 is 5.51. The maximum Gasteiger partial charge on any atom is 0.122 e. The molecule has 94 valence electrons. The number of benzene rings is 1. The molecule has 0 unspecified atom stereocenters. The van der Waals surface area contributed by atoms with E-state index in [1.54, 1.807) is 7.11 Å². The molecular weight excluding hydrogens is 210 g/mol.